The first kappa shape index (κ1) is 15.7. The molecule has 2 atom stereocenters. The fourth-order valence-corrected chi connectivity index (χ4v) is 2.95. The van der Waals surface area contributed by atoms with Crippen LogP contribution in [0.15, 0.2) is 28.8 Å². The van der Waals surface area contributed by atoms with E-state index < -0.39 is 0 Å². The van der Waals surface area contributed by atoms with Crippen LogP contribution in [0.4, 0.5) is 4.39 Å². The molecule has 3 rings (SSSR count). The van der Waals surface area contributed by atoms with Gasteiger partial charge in [-0.25, -0.2) is 4.39 Å². The lowest BCUT2D eigenvalue weighted by Crippen LogP contribution is -2.36. The van der Waals surface area contributed by atoms with Crippen molar-refractivity contribution in [1.82, 2.24) is 10.5 Å². The van der Waals surface area contributed by atoms with E-state index in [1.165, 1.54) is 12.1 Å². The van der Waals surface area contributed by atoms with Gasteiger partial charge >= 0.3 is 0 Å². The van der Waals surface area contributed by atoms with Crippen molar-refractivity contribution < 1.29 is 18.4 Å². The lowest BCUT2D eigenvalue weighted by atomic mass is 9.98. The van der Waals surface area contributed by atoms with Crippen LogP contribution in [0, 0.1) is 19.7 Å². The van der Waals surface area contributed by atoms with Gasteiger partial charge in [0.25, 0.3) is 5.91 Å². The monoisotopic (exact) mass is 318 g/mol. The minimum atomic E-state index is -0.334. The number of aromatic nitrogens is 1. The number of halogens is 1. The van der Waals surface area contributed by atoms with Crippen molar-refractivity contribution in [2.24, 2.45) is 0 Å². The van der Waals surface area contributed by atoms with E-state index in [-0.39, 0.29) is 23.9 Å². The number of aryl methyl sites for hydroxylation is 2. The summed E-state index contributed by atoms with van der Waals surface area (Å²) in [4.78, 5) is 12.6. The molecule has 1 aromatic carbocycles. The van der Waals surface area contributed by atoms with Crippen LogP contribution in [0.3, 0.4) is 0 Å². The molecule has 1 fully saturated rings. The van der Waals surface area contributed by atoms with Gasteiger partial charge in [-0.15, -0.1) is 0 Å². The average Bonchev–Trinajstić information content (AvgIpc) is 3.16. The summed E-state index contributed by atoms with van der Waals surface area (Å²) in [6.45, 7) is 4.10. The van der Waals surface area contributed by atoms with Crippen LogP contribution >= 0.6 is 0 Å². The van der Waals surface area contributed by atoms with Crippen molar-refractivity contribution in [2.45, 2.75) is 38.8 Å². The Balaban J connectivity index is 1.86. The largest absolute Gasteiger partial charge is 0.376 e. The van der Waals surface area contributed by atoms with Crippen LogP contribution < -0.4 is 5.32 Å². The highest BCUT2D eigenvalue weighted by Crippen LogP contribution is 2.28. The molecule has 0 radical (unpaired) electrons. The Hall–Kier alpha value is -2.21. The van der Waals surface area contributed by atoms with Crippen molar-refractivity contribution >= 4 is 5.91 Å². The Kier molecular flexibility index (Phi) is 4.43. The molecule has 0 bridgehead atoms. The van der Waals surface area contributed by atoms with Gasteiger partial charge in [-0.2, -0.15) is 0 Å². The molecule has 0 saturated carbocycles. The second-order valence-corrected chi connectivity index (χ2v) is 5.75. The average molecular weight is 318 g/mol. The molecule has 122 valence electrons. The van der Waals surface area contributed by atoms with Gasteiger partial charge in [-0.05, 0) is 44.4 Å². The molecule has 0 aliphatic carbocycles. The fourth-order valence-electron chi connectivity index (χ4n) is 2.95. The predicted octanol–water partition coefficient (Wildman–Crippen LogP) is 3.08. The Morgan fingerprint density at radius 3 is 2.65 bits per heavy atom. The number of nitrogens with one attached hydrogen (secondary N) is 1. The van der Waals surface area contributed by atoms with Crippen LogP contribution in [0.5, 0.6) is 0 Å². The minimum absolute atomic E-state index is 0.120. The van der Waals surface area contributed by atoms with E-state index in [9.17, 15) is 9.18 Å². The molecule has 0 unspecified atom stereocenters. The summed E-state index contributed by atoms with van der Waals surface area (Å²) >= 11 is 0. The summed E-state index contributed by atoms with van der Waals surface area (Å²) < 4.78 is 24.0. The van der Waals surface area contributed by atoms with Crippen LogP contribution in [0.2, 0.25) is 0 Å². The third kappa shape index (κ3) is 3.27. The molecule has 1 aromatic heterocycles. The zero-order valence-electron chi connectivity index (χ0n) is 13.1. The SMILES string of the molecule is Cc1noc(C)c1C(=O)N[C@@H](c1ccc(F)cc1)[C@H]1CCCO1. The summed E-state index contributed by atoms with van der Waals surface area (Å²) in [6, 6.07) is 5.79. The molecular formula is C17H19FN2O3. The molecule has 1 saturated heterocycles. The quantitative estimate of drug-likeness (QED) is 0.941. The molecule has 0 spiro atoms. The van der Waals surface area contributed by atoms with Crippen molar-refractivity contribution in [2.75, 3.05) is 6.61 Å². The number of nitrogens with zero attached hydrogens (tertiary/aromatic N) is 1. The standard InChI is InChI=1S/C17H19FN2O3/c1-10-15(11(2)23-20-10)17(21)19-16(14-4-3-9-22-14)12-5-7-13(18)8-6-12/h5-8,14,16H,3-4,9H2,1-2H3,(H,19,21)/t14-,16+/m1/s1. The van der Waals surface area contributed by atoms with Crippen molar-refractivity contribution in [3.8, 4) is 0 Å². The Morgan fingerprint density at radius 2 is 2.09 bits per heavy atom. The zero-order valence-corrected chi connectivity index (χ0v) is 13.1. The van der Waals surface area contributed by atoms with Crippen LogP contribution in [-0.4, -0.2) is 23.8 Å². The van der Waals surface area contributed by atoms with Gasteiger partial charge in [0.2, 0.25) is 0 Å². The van der Waals surface area contributed by atoms with E-state index in [4.69, 9.17) is 9.26 Å². The van der Waals surface area contributed by atoms with Crippen LogP contribution in [0.1, 0.15) is 46.3 Å². The van der Waals surface area contributed by atoms with E-state index in [2.05, 4.69) is 10.5 Å². The number of carbonyl (C=O) groups excluding carboxylic acids is 1. The predicted molar refractivity (Wildman–Crippen MR) is 81.6 cm³/mol. The molecule has 2 heterocycles. The zero-order chi connectivity index (χ0) is 16.4. The van der Waals surface area contributed by atoms with Crippen LogP contribution in [0.25, 0.3) is 0 Å². The summed E-state index contributed by atoms with van der Waals surface area (Å²) in [5.74, 6) is -0.0897. The third-order valence-corrected chi connectivity index (χ3v) is 4.11. The maximum atomic E-state index is 13.2. The number of benzene rings is 1. The van der Waals surface area contributed by atoms with Crippen molar-refractivity contribution in [1.29, 1.82) is 0 Å². The number of rotatable bonds is 4. The summed E-state index contributed by atoms with van der Waals surface area (Å²) in [6.07, 6.45) is 1.68. The van der Waals surface area contributed by atoms with E-state index in [0.717, 1.165) is 18.4 Å². The van der Waals surface area contributed by atoms with Gasteiger partial charge in [0.05, 0.1) is 17.8 Å². The highest BCUT2D eigenvalue weighted by atomic mass is 19.1. The Bertz CT molecular complexity index is 671. The second kappa shape index (κ2) is 6.50. The lowest BCUT2D eigenvalue weighted by Gasteiger charge is -2.24. The maximum Gasteiger partial charge on any atom is 0.257 e. The van der Waals surface area contributed by atoms with Crippen LogP contribution in [-0.2, 0) is 4.74 Å². The number of hydrogen-bond donors (Lipinski definition) is 1. The van der Waals surface area contributed by atoms with Crippen molar-refractivity contribution in [3.05, 3.63) is 52.7 Å². The number of ether oxygens (including phenoxy) is 1. The van der Waals surface area contributed by atoms with Gasteiger partial charge in [0.1, 0.15) is 17.1 Å². The summed E-state index contributed by atoms with van der Waals surface area (Å²) in [5.41, 5.74) is 1.80. The molecule has 5 nitrogen and oxygen atoms in total. The maximum absolute atomic E-state index is 13.2. The smallest absolute Gasteiger partial charge is 0.257 e. The summed E-state index contributed by atoms with van der Waals surface area (Å²) in [7, 11) is 0. The van der Waals surface area contributed by atoms with Gasteiger partial charge in [-0.1, -0.05) is 17.3 Å². The highest BCUT2D eigenvalue weighted by Gasteiger charge is 2.30. The van der Waals surface area contributed by atoms with E-state index in [1.807, 2.05) is 0 Å². The molecule has 1 aliphatic heterocycles. The third-order valence-electron chi connectivity index (χ3n) is 4.11. The molecule has 1 amide bonds. The van der Waals surface area contributed by atoms with E-state index >= 15 is 0 Å². The van der Waals surface area contributed by atoms with E-state index in [0.29, 0.717) is 23.6 Å². The molecule has 1 aliphatic rings. The Labute approximate surface area is 133 Å². The first-order chi connectivity index (χ1) is 11.1. The Morgan fingerprint density at radius 1 is 1.35 bits per heavy atom. The van der Waals surface area contributed by atoms with E-state index in [1.54, 1.807) is 26.0 Å². The number of hydrogen-bond acceptors (Lipinski definition) is 4. The second-order valence-electron chi connectivity index (χ2n) is 5.75. The number of amides is 1. The van der Waals surface area contributed by atoms with Gasteiger partial charge in [0.15, 0.2) is 0 Å². The topological polar surface area (TPSA) is 64.4 Å². The summed E-state index contributed by atoms with van der Waals surface area (Å²) in [5, 5.41) is 6.80. The molecule has 6 heteroatoms. The van der Waals surface area contributed by atoms with Crippen molar-refractivity contribution in [3.63, 3.8) is 0 Å². The fraction of sp³-hybridized carbons (Fsp3) is 0.412. The first-order valence-corrected chi connectivity index (χ1v) is 7.67. The normalized spacial score (nSPS) is 18.8. The highest BCUT2D eigenvalue weighted by molar-refractivity contribution is 5.96. The minimum Gasteiger partial charge on any atom is -0.376 e. The lowest BCUT2D eigenvalue weighted by molar-refractivity contribution is 0.0671. The van der Waals surface area contributed by atoms with Gasteiger partial charge in [-0.3, -0.25) is 4.79 Å². The van der Waals surface area contributed by atoms with Gasteiger partial charge < -0.3 is 14.6 Å². The first-order valence-electron chi connectivity index (χ1n) is 7.67. The van der Waals surface area contributed by atoms with Gasteiger partial charge in [0, 0.05) is 6.61 Å². The molecule has 23 heavy (non-hydrogen) atoms. The molecule has 1 N–H and O–H groups in total. The molecule has 2 aromatic rings. The number of carbonyl (C=O) groups is 1. The molecular weight excluding hydrogens is 299 g/mol.